The van der Waals surface area contributed by atoms with E-state index in [4.69, 9.17) is 0 Å². The van der Waals surface area contributed by atoms with Crippen LogP contribution in [0.25, 0.3) is 44.8 Å². The molecule has 7 aromatic rings. The van der Waals surface area contributed by atoms with E-state index in [0.717, 1.165) is 55.3 Å². The van der Waals surface area contributed by atoms with Crippen LogP contribution in [0, 0.1) is 0 Å². The maximum atomic E-state index is 9.38. The van der Waals surface area contributed by atoms with Crippen LogP contribution in [-0.2, 0) is 0 Å². The fourth-order valence-corrected chi connectivity index (χ4v) is 5.61. The van der Waals surface area contributed by atoms with Crippen LogP contribution in [0.3, 0.4) is 0 Å². The molecule has 0 saturated heterocycles. The van der Waals surface area contributed by atoms with E-state index < -0.39 is 0 Å². The lowest BCUT2D eigenvalue weighted by atomic mass is 9.88. The number of hydrogen-bond donors (Lipinski definition) is 0. The van der Waals surface area contributed by atoms with Crippen molar-refractivity contribution in [1.29, 1.82) is 0 Å². The van der Waals surface area contributed by atoms with E-state index in [1.165, 1.54) is 0 Å². The zero-order valence-electron chi connectivity index (χ0n) is 24.5. The van der Waals surface area contributed by atoms with Crippen molar-refractivity contribution < 1.29 is 2.74 Å². The zero-order chi connectivity index (χ0) is 29.2. The Balaban J connectivity index is 1.37. The molecule has 0 N–H and O–H groups in total. The minimum Gasteiger partial charge on any atom is -0.311 e. The van der Waals surface area contributed by atoms with Crippen molar-refractivity contribution in [3.63, 3.8) is 0 Å². The van der Waals surface area contributed by atoms with Gasteiger partial charge < -0.3 is 4.90 Å². The van der Waals surface area contributed by atoms with Gasteiger partial charge in [-0.3, -0.25) is 0 Å². The summed E-state index contributed by atoms with van der Waals surface area (Å²) < 4.78 is 18.6. The van der Waals surface area contributed by atoms with Crippen molar-refractivity contribution >= 4 is 50.7 Å². The minimum absolute atomic E-state index is 0.195. The first-order valence-corrected chi connectivity index (χ1v) is 13.9. The molecule has 0 aliphatic carbocycles. The topological polar surface area (TPSA) is 3.24 Å². The third-order valence-corrected chi connectivity index (χ3v) is 7.48. The summed E-state index contributed by atoms with van der Waals surface area (Å²) in [4.78, 5) is 2.20. The van der Waals surface area contributed by atoms with Crippen molar-refractivity contribution in [3.05, 3.63) is 175 Å². The van der Waals surface area contributed by atoms with Crippen LogP contribution in [0.4, 0.5) is 17.1 Å². The van der Waals surface area contributed by atoms with Crippen LogP contribution in [-0.4, -0.2) is 0 Å². The van der Waals surface area contributed by atoms with Crippen molar-refractivity contribution in [3.8, 4) is 11.1 Å². The standard InChI is InChI=1S/C40H29N/c1-4-14-31(15-5-1)40-38-22-12-10-20-35(38)37(36-21-11-13-23-39(36)40)29-26-30-24-27-34(28-25-30)41(32-16-6-2-7-17-32)33-18-8-3-9-19-33/h1-29H/b29-26+/i26D,29D. The Morgan fingerprint density at radius 3 is 1.32 bits per heavy atom. The molecule has 1 heteroatoms. The highest BCUT2D eigenvalue weighted by atomic mass is 15.1. The maximum Gasteiger partial charge on any atom is 0.0630 e. The number of para-hydroxylation sites is 2. The summed E-state index contributed by atoms with van der Waals surface area (Å²) >= 11 is 0. The molecule has 41 heavy (non-hydrogen) atoms. The fraction of sp³-hybridized carbons (Fsp3) is 0. The quantitative estimate of drug-likeness (QED) is 0.154. The minimum atomic E-state index is 0.195. The van der Waals surface area contributed by atoms with Gasteiger partial charge in [0.05, 0.1) is 2.74 Å². The Hall–Kier alpha value is -5.40. The molecule has 0 bridgehead atoms. The highest BCUT2D eigenvalue weighted by Crippen LogP contribution is 2.40. The third kappa shape index (κ3) is 4.79. The molecule has 0 radical (unpaired) electrons. The normalized spacial score (nSPS) is 12.5. The Bertz CT molecular complexity index is 1970. The smallest absolute Gasteiger partial charge is 0.0630 e. The molecular formula is C40H29N. The first-order chi connectivity index (χ1) is 21.2. The number of hydrogen-bond acceptors (Lipinski definition) is 1. The lowest BCUT2D eigenvalue weighted by Gasteiger charge is -2.25. The van der Waals surface area contributed by atoms with Crippen LogP contribution < -0.4 is 4.90 Å². The monoisotopic (exact) mass is 525 g/mol. The van der Waals surface area contributed by atoms with Crippen molar-refractivity contribution in [2.75, 3.05) is 4.90 Å². The average molecular weight is 526 g/mol. The second-order valence-electron chi connectivity index (χ2n) is 10.0. The molecule has 7 aromatic carbocycles. The van der Waals surface area contributed by atoms with Gasteiger partial charge in [-0.25, -0.2) is 0 Å². The van der Waals surface area contributed by atoms with Gasteiger partial charge in [0, 0.05) is 17.1 Å². The Labute approximate surface area is 244 Å². The van der Waals surface area contributed by atoms with Crippen molar-refractivity contribution in [2.45, 2.75) is 0 Å². The molecular weight excluding hydrogens is 494 g/mol. The predicted molar refractivity (Wildman–Crippen MR) is 177 cm³/mol. The molecule has 194 valence electrons. The summed E-state index contributed by atoms with van der Waals surface area (Å²) in [7, 11) is 0. The number of fused-ring (bicyclic) bond motifs is 2. The van der Waals surface area contributed by atoms with Crippen molar-refractivity contribution in [2.24, 2.45) is 0 Å². The highest BCUT2D eigenvalue weighted by molar-refractivity contribution is 6.18. The Kier molecular flexibility index (Phi) is 6.01. The molecule has 0 aliphatic rings. The van der Waals surface area contributed by atoms with E-state index in [2.05, 4.69) is 77.7 Å². The van der Waals surface area contributed by atoms with E-state index >= 15 is 0 Å². The molecule has 0 saturated carbocycles. The van der Waals surface area contributed by atoms with Gasteiger partial charge in [-0.1, -0.05) is 139 Å². The van der Waals surface area contributed by atoms with E-state index in [0.29, 0.717) is 5.56 Å². The van der Waals surface area contributed by atoms with Crippen molar-refractivity contribution in [1.82, 2.24) is 0 Å². The number of nitrogens with zero attached hydrogens (tertiary/aromatic N) is 1. The second-order valence-corrected chi connectivity index (χ2v) is 10.0. The molecule has 0 aromatic heterocycles. The largest absolute Gasteiger partial charge is 0.311 e. The highest BCUT2D eigenvalue weighted by Gasteiger charge is 2.14. The lowest BCUT2D eigenvalue weighted by molar-refractivity contribution is 1.28. The molecule has 0 fully saturated rings. The van der Waals surface area contributed by atoms with Gasteiger partial charge in [0.1, 0.15) is 0 Å². The molecule has 0 heterocycles. The van der Waals surface area contributed by atoms with Crippen LogP contribution in [0.15, 0.2) is 164 Å². The van der Waals surface area contributed by atoms with Crippen LogP contribution in [0.1, 0.15) is 13.9 Å². The molecule has 7 rings (SSSR count). The van der Waals surface area contributed by atoms with Gasteiger partial charge in [0.15, 0.2) is 0 Å². The van der Waals surface area contributed by atoms with E-state index in [1.54, 1.807) is 0 Å². The average Bonchev–Trinajstić information content (AvgIpc) is 3.08. The summed E-state index contributed by atoms with van der Waals surface area (Å²) in [5.74, 6) is 0. The zero-order valence-corrected chi connectivity index (χ0v) is 22.5. The summed E-state index contributed by atoms with van der Waals surface area (Å²) in [6.45, 7) is 0. The summed E-state index contributed by atoms with van der Waals surface area (Å²) in [5, 5.41) is 4.12. The molecule has 1 nitrogen and oxygen atoms in total. The maximum absolute atomic E-state index is 9.38. The third-order valence-electron chi connectivity index (χ3n) is 7.48. The summed E-state index contributed by atoms with van der Waals surface area (Å²) in [6, 6.07) is 55.9. The summed E-state index contributed by atoms with van der Waals surface area (Å²) in [5.41, 5.74) is 6.89. The Morgan fingerprint density at radius 2 is 0.805 bits per heavy atom. The molecule has 0 unspecified atom stereocenters. The number of anilines is 3. The Morgan fingerprint density at radius 1 is 0.390 bits per heavy atom. The SMILES string of the molecule is [2H]/C(=C(/[2H])c1c2ccccc2c(-c2ccccc2)c2ccccc12)c1ccc(N(c2ccccc2)c2ccccc2)cc1. The van der Waals surface area contributed by atoms with Gasteiger partial charge in [-0.2, -0.15) is 0 Å². The lowest BCUT2D eigenvalue weighted by Crippen LogP contribution is -2.09. The first kappa shape index (κ1) is 22.4. The molecule has 0 aliphatic heterocycles. The van der Waals surface area contributed by atoms with E-state index in [1.807, 2.05) is 91.0 Å². The van der Waals surface area contributed by atoms with Crippen LogP contribution >= 0.6 is 0 Å². The van der Waals surface area contributed by atoms with E-state index in [9.17, 15) is 2.74 Å². The van der Waals surface area contributed by atoms with Gasteiger partial charge in [-0.05, 0) is 80.2 Å². The van der Waals surface area contributed by atoms with Gasteiger partial charge in [0.25, 0.3) is 0 Å². The first-order valence-electron chi connectivity index (χ1n) is 14.9. The fourth-order valence-electron chi connectivity index (χ4n) is 5.61. The molecule has 0 spiro atoms. The van der Waals surface area contributed by atoms with E-state index in [-0.39, 0.29) is 12.1 Å². The van der Waals surface area contributed by atoms with Crippen LogP contribution in [0.5, 0.6) is 0 Å². The summed E-state index contributed by atoms with van der Waals surface area (Å²) in [6.07, 6.45) is 0. The number of benzene rings is 7. The predicted octanol–water partition coefficient (Wildman–Crippen LogP) is 11.3. The molecule has 0 atom stereocenters. The number of rotatable bonds is 6. The second kappa shape index (κ2) is 11.0. The van der Waals surface area contributed by atoms with Crippen LogP contribution in [0.2, 0.25) is 0 Å². The van der Waals surface area contributed by atoms with Gasteiger partial charge in [0.2, 0.25) is 0 Å². The molecule has 0 amide bonds. The van der Waals surface area contributed by atoms with Gasteiger partial charge >= 0.3 is 0 Å². The van der Waals surface area contributed by atoms with Gasteiger partial charge in [-0.15, -0.1) is 0 Å².